The van der Waals surface area contributed by atoms with Crippen LogP contribution in [0.15, 0.2) is 23.3 Å². The third-order valence-electron chi connectivity index (χ3n) is 7.34. The molecule has 6 nitrogen and oxygen atoms in total. The van der Waals surface area contributed by atoms with Gasteiger partial charge in [-0.25, -0.2) is 0 Å². The molecule has 31 heavy (non-hydrogen) atoms. The van der Waals surface area contributed by atoms with Gasteiger partial charge in [0.2, 0.25) is 0 Å². The first-order valence-electron chi connectivity index (χ1n) is 11.5. The number of ketones is 1. The van der Waals surface area contributed by atoms with Crippen molar-refractivity contribution in [3.8, 4) is 0 Å². The number of carbonyl (C=O) groups is 3. The SMILES string of the molecule is CCC(C)(C)C(=O)O[C@H]1CC(C)=CC2=CC(=O)[C@@H](C)[C@@H](CC[C@@H]3C[C@@H](O)CC(=O)O3)[C@@H]21. The highest BCUT2D eigenvalue weighted by Gasteiger charge is 2.45. The molecule has 2 aliphatic carbocycles. The maximum absolute atomic E-state index is 12.9. The predicted octanol–water partition coefficient (Wildman–Crippen LogP) is 3.91. The fraction of sp³-hybridized carbons (Fsp3) is 0.720. The van der Waals surface area contributed by atoms with Crippen molar-refractivity contribution >= 4 is 17.7 Å². The zero-order chi connectivity index (χ0) is 22.9. The summed E-state index contributed by atoms with van der Waals surface area (Å²) in [4.78, 5) is 37.3. The summed E-state index contributed by atoms with van der Waals surface area (Å²) in [6.07, 6.45) is 5.51. The highest BCUT2D eigenvalue weighted by Crippen LogP contribution is 2.45. The number of aliphatic hydroxyl groups is 1. The molecule has 0 bridgehead atoms. The van der Waals surface area contributed by atoms with Gasteiger partial charge < -0.3 is 14.6 Å². The fourth-order valence-electron chi connectivity index (χ4n) is 4.98. The van der Waals surface area contributed by atoms with Crippen LogP contribution in [0.5, 0.6) is 0 Å². The highest BCUT2D eigenvalue weighted by molar-refractivity contribution is 5.94. The summed E-state index contributed by atoms with van der Waals surface area (Å²) >= 11 is 0. The van der Waals surface area contributed by atoms with Crippen LogP contribution in [0.1, 0.15) is 73.1 Å². The van der Waals surface area contributed by atoms with Gasteiger partial charge in [0.25, 0.3) is 0 Å². The molecule has 3 rings (SSSR count). The molecule has 6 heteroatoms. The predicted molar refractivity (Wildman–Crippen MR) is 116 cm³/mol. The van der Waals surface area contributed by atoms with Crippen molar-refractivity contribution in [2.24, 2.45) is 23.2 Å². The van der Waals surface area contributed by atoms with Crippen LogP contribution in [0.2, 0.25) is 0 Å². The molecule has 6 atom stereocenters. The van der Waals surface area contributed by atoms with Crippen LogP contribution >= 0.6 is 0 Å². The Kier molecular flexibility index (Phi) is 7.09. The Bertz CT molecular complexity index is 792. The average Bonchev–Trinajstić information content (AvgIpc) is 2.67. The molecule has 0 radical (unpaired) electrons. The molecule has 0 amide bonds. The lowest BCUT2D eigenvalue weighted by Crippen LogP contribution is -2.44. The van der Waals surface area contributed by atoms with Gasteiger partial charge >= 0.3 is 11.9 Å². The largest absolute Gasteiger partial charge is 0.462 e. The van der Waals surface area contributed by atoms with Gasteiger partial charge in [-0.1, -0.05) is 25.5 Å². The quantitative estimate of drug-likeness (QED) is 0.640. The number of allylic oxidation sites excluding steroid dienone is 2. The fourth-order valence-corrected chi connectivity index (χ4v) is 4.98. The Balaban J connectivity index is 1.82. The number of hydrogen-bond donors (Lipinski definition) is 1. The summed E-state index contributed by atoms with van der Waals surface area (Å²) in [5.41, 5.74) is 1.47. The third-order valence-corrected chi connectivity index (χ3v) is 7.34. The van der Waals surface area contributed by atoms with Crippen LogP contribution in [0.25, 0.3) is 0 Å². The van der Waals surface area contributed by atoms with E-state index in [9.17, 15) is 19.5 Å². The van der Waals surface area contributed by atoms with Crippen LogP contribution in [-0.4, -0.2) is 41.1 Å². The standard InChI is InChI=1S/C25H36O6/c1-6-25(4,5)24(29)31-21-10-14(2)9-16-11-20(27)15(3)19(23(16)21)8-7-18-12-17(26)13-22(28)30-18/h9,11,15,17-19,21,23,26H,6-8,10,12-13H2,1-5H3/t15-,17+,18+,19+,21-,23+/m0/s1. The van der Waals surface area contributed by atoms with Gasteiger partial charge in [0.05, 0.1) is 17.9 Å². The van der Waals surface area contributed by atoms with Crippen LogP contribution < -0.4 is 0 Å². The number of esters is 2. The van der Waals surface area contributed by atoms with E-state index in [0.717, 1.165) is 11.1 Å². The molecule has 0 spiro atoms. The molecule has 1 N–H and O–H groups in total. The zero-order valence-corrected chi connectivity index (χ0v) is 19.3. The van der Waals surface area contributed by atoms with E-state index < -0.39 is 11.5 Å². The molecular formula is C25H36O6. The number of aliphatic hydroxyl groups excluding tert-OH is 1. The minimum atomic E-state index is -0.669. The van der Waals surface area contributed by atoms with E-state index in [1.807, 2.05) is 34.6 Å². The first-order chi connectivity index (χ1) is 14.5. The molecule has 0 saturated carbocycles. The van der Waals surface area contributed by atoms with Crippen LogP contribution in [0, 0.1) is 23.2 Å². The minimum Gasteiger partial charge on any atom is -0.462 e. The van der Waals surface area contributed by atoms with E-state index >= 15 is 0 Å². The Morgan fingerprint density at radius 2 is 1.94 bits per heavy atom. The molecule has 0 aromatic carbocycles. The molecule has 1 heterocycles. The second-order valence-corrected chi connectivity index (χ2v) is 10.2. The van der Waals surface area contributed by atoms with Crippen LogP contribution in [-0.2, 0) is 23.9 Å². The van der Waals surface area contributed by atoms with Crippen molar-refractivity contribution in [1.82, 2.24) is 0 Å². The Morgan fingerprint density at radius 1 is 1.23 bits per heavy atom. The summed E-state index contributed by atoms with van der Waals surface area (Å²) in [6.45, 7) is 9.70. The van der Waals surface area contributed by atoms with Gasteiger partial charge in [-0.2, -0.15) is 0 Å². The summed E-state index contributed by atoms with van der Waals surface area (Å²) in [5, 5.41) is 9.91. The smallest absolute Gasteiger partial charge is 0.311 e. The summed E-state index contributed by atoms with van der Waals surface area (Å²) < 4.78 is 11.5. The molecule has 1 fully saturated rings. The topological polar surface area (TPSA) is 89.9 Å². The number of fused-ring (bicyclic) bond motifs is 1. The summed E-state index contributed by atoms with van der Waals surface area (Å²) in [5.74, 6) is -0.773. The van der Waals surface area contributed by atoms with Crippen molar-refractivity contribution in [2.45, 2.75) is 91.5 Å². The van der Waals surface area contributed by atoms with Gasteiger partial charge in [-0.05, 0) is 57.6 Å². The van der Waals surface area contributed by atoms with E-state index in [4.69, 9.17) is 9.47 Å². The van der Waals surface area contributed by atoms with Crippen molar-refractivity contribution in [1.29, 1.82) is 0 Å². The van der Waals surface area contributed by atoms with Crippen LogP contribution in [0.4, 0.5) is 0 Å². The Hall–Kier alpha value is -1.95. The lowest BCUT2D eigenvalue weighted by molar-refractivity contribution is -0.165. The van der Waals surface area contributed by atoms with Gasteiger partial charge in [0.15, 0.2) is 5.78 Å². The normalized spacial score (nSPS) is 33.7. The third kappa shape index (κ3) is 5.28. The van der Waals surface area contributed by atoms with Crippen LogP contribution in [0.3, 0.4) is 0 Å². The number of hydrogen-bond acceptors (Lipinski definition) is 6. The summed E-state index contributed by atoms with van der Waals surface area (Å²) in [6, 6.07) is 0. The van der Waals surface area contributed by atoms with Gasteiger partial charge in [-0.3, -0.25) is 14.4 Å². The van der Waals surface area contributed by atoms with Gasteiger partial charge in [-0.15, -0.1) is 0 Å². The maximum atomic E-state index is 12.9. The first-order valence-corrected chi connectivity index (χ1v) is 11.5. The first kappa shape index (κ1) is 23.7. The van der Waals surface area contributed by atoms with Crippen molar-refractivity contribution in [3.63, 3.8) is 0 Å². The molecule has 1 saturated heterocycles. The van der Waals surface area contributed by atoms with E-state index in [2.05, 4.69) is 6.08 Å². The van der Waals surface area contributed by atoms with E-state index in [1.54, 1.807) is 6.08 Å². The van der Waals surface area contributed by atoms with E-state index in [0.29, 0.717) is 32.1 Å². The Morgan fingerprint density at radius 3 is 2.58 bits per heavy atom. The average molecular weight is 433 g/mol. The molecule has 0 aromatic heterocycles. The number of rotatable bonds is 6. The van der Waals surface area contributed by atoms with Gasteiger partial charge in [0, 0.05) is 24.7 Å². The highest BCUT2D eigenvalue weighted by atomic mass is 16.6. The monoisotopic (exact) mass is 432 g/mol. The second-order valence-electron chi connectivity index (χ2n) is 10.2. The van der Waals surface area contributed by atoms with Crippen molar-refractivity contribution in [2.75, 3.05) is 0 Å². The van der Waals surface area contributed by atoms with Gasteiger partial charge in [0.1, 0.15) is 12.2 Å². The maximum Gasteiger partial charge on any atom is 0.311 e. The lowest BCUT2D eigenvalue weighted by Gasteiger charge is -2.43. The molecular weight excluding hydrogens is 396 g/mol. The zero-order valence-electron chi connectivity index (χ0n) is 19.3. The van der Waals surface area contributed by atoms with E-state index in [-0.39, 0.29) is 54.1 Å². The number of carbonyl (C=O) groups excluding carboxylic acids is 3. The second kappa shape index (κ2) is 9.27. The number of ether oxygens (including phenoxy) is 2. The Labute approximate surface area is 185 Å². The molecule has 0 unspecified atom stereocenters. The molecule has 1 aliphatic heterocycles. The van der Waals surface area contributed by atoms with E-state index in [1.165, 1.54) is 0 Å². The van der Waals surface area contributed by atoms with Crippen molar-refractivity contribution < 1.29 is 29.0 Å². The summed E-state index contributed by atoms with van der Waals surface area (Å²) in [7, 11) is 0. The molecule has 172 valence electrons. The minimum absolute atomic E-state index is 0.0165. The molecule has 3 aliphatic rings. The van der Waals surface area contributed by atoms with Crippen molar-refractivity contribution in [3.05, 3.63) is 23.3 Å². The lowest BCUT2D eigenvalue weighted by atomic mass is 9.64. The molecule has 0 aromatic rings. The number of cyclic esters (lactones) is 1.